The van der Waals surface area contributed by atoms with E-state index in [1.54, 1.807) is 6.92 Å². The van der Waals surface area contributed by atoms with Gasteiger partial charge in [-0.3, -0.25) is 0 Å². The molecule has 0 radical (unpaired) electrons. The van der Waals surface area contributed by atoms with Crippen LogP contribution < -0.4 is 0 Å². The van der Waals surface area contributed by atoms with Gasteiger partial charge < -0.3 is 9.69 Å². The Labute approximate surface area is 94.0 Å². The summed E-state index contributed by atoms with van der Waals surface area (Å²) in [5.41, 5.74) is 0. The summed E-state index contributed by atoms with van der Waals surface area (Å²) in [6.07, 6.45) is 10.1. The van der Waals surface area contributed by atoms with E-state index >= 15 is 0 Å². The average Bonchev–Trinajstić information content (AvgIpc) is 2.44. The topological polar surface area (TPSA) is 20.3 Å². The summed E-state index contributed by atoms with van der Waals surface area (Å²) in [7, 11) is 2.22. The van der Waals surface area contributed by atoms with Gasteiger partial charge in [-0.2, -0.15) is 0 Å². The fraction of sp³-hybridized carbons (Fsp3) is 0.923. The molecule has 1 aliphatic rings. The molecule has 0 unspecified atom stereocenters. The number of Topliss-reactive ketones (excluding diaryl/α,β-unsaturated/α-hetero) is 1. The average molecular weight is 211 g/mol. The Hall–Kier alpha value is -0.370. The normalized spacial score (nSPS) is 19.1. The molecular formula is C13H25NO. The van der Waals surface area contributed by atoms with E-state index in [9.17, 15) is 4.79 Å². The van der Waals surface area contributed by atoms with Crippen LogP contribution in [-0.4, -0.2) is 30.3 Å². The van der Waals surface area contributed by atoms with Crippen LogP contribution in [-0.2, 0) is 4.79 Å². The third kappa shape index (κ3) is 5.31. The van der Waals surface area contributed by atoms with Gasteiger partial charge in [-0.1, -0.05) is 25.7 Å². The van der Waals surface area contributed by atoms with Crippen molar-refractivity contribution in [2.45, 2.75) is 64.3 Å². The zero-order valence-corrected chi connectivity index (χ0v) is 10.3. The van der Waals surface area contributed by atoms with Crippen molar-refractivity contribution in [3.8, 4) is 0 Å². The van der Waals surface area contributed by atoms with E-state index in [4.69, 9.17) is 0 Å². The lowest BCUT2D eigenvalue weighted by molar-refractivity contribution is -0.117. The number of carbonyl (C=O) groups is 1. The second-order valence-electron chi connectivity index (χ2n) is 4.93. The number of ketones is 1. The van der Waals surface area contributed by atoms with E-state index in [0.29, 0.717) is 5.78 Å². The van der Waals surface area contributed by atoms with Gasteiger partial charge in [0, 0.05) is 12.5 Å². The maximum absolute atomic E-state index is 10.8. The lowest BCUT2D eigenvalue weighted by atomic mass is 10.1. The molecule has 0 aromatic rings. The Morgan fingerprint density at radius 1 is 1.20 bits per heavy atom. The van der Waals surface area contributed by atoms with Crippen molar-refractivity contribution < 1.29 is 4.79 Å². The summed E-state index contributed by atoms with van der Waals surface area (Å²) in [5.74, 6) is 0.323. The molecule has 0 heterocycles. The van der Waals surface area contributed by atoms with Crippen molar-refractivity contribution in [3.05, 3.63) is 0 Å². The van der Waals surface area contributed by atoms with E-state index in [2.05, 4.69) is 11.9 Å². The fourth-order valence-electron chi connectivity index (χ4n) is 2.46. The van der Waals surface area contributed by atoms with Crippen LogP contribution in [0.4, 0.5) is 0 Å². The van der Waals surface area contributed by atoms with Gasteiger partial charge in [-0.25, -0.2) is 0 Å². The molecular weight excluding hydrogens is 186 g/mol. The molecule has 1 saturated carbocycles. The smallest absolute Gasteiger partial charge is 0.129 e. The van der Waals surface area contributed by atoms with Crippen LogP contribution >= 0.6 is 0 Å². The quantitative estimate of drug-likeness (QED) is 0.652. The number of hydrogen-bond acceptors (Lipinski definition) is 2. The van der Waals surface area contributed by atoms with E-state index in [1.165, 1.54) is 38.5 Å². The standard InChI is InChI=1S/C13H25NO/c1-12(15)8-7-11-14(2)13-9-5-3-4-6-10-13/h13H,3-11H2,1-2H3. The van der Waals surface area contributed by atoms with Gasteiger partial charge in [-0.05, 0) is 39.8 Å². The van der Waals surface area contributed by atoms with Crippen molar-refractivity contribution in [1.29, 1.82) is 0 Å². The van der Waals surface area contributed by atoms with Crippen molar-refractivity contribution in [2.75, 3.05) is 13.6 Å². The van der Waals surface area contributed by atoms with Crippen molar-refractivity contribution in [3.63, 3.8) is 0 Å². The minimum absolute atomic E-state index is 0.323. The summed E-state index contributed by atoms with van der Waals surface area (Å²) in [5, 5.41) is 0. The highest BCUT2D eigenvalue weighted by atomic mass is 16.1. The first-order valence-electron chi connectivity index (χ1n) is 6.40. The zero-order valence-electron chi connectivity index (χ0n) is 10.3. The fourth-order valence-corrected chi connectivity index (χ4v) is 2.46. The summed E-state index contributed by atoms with van der Waals surface area (Å²) in [4.78, 5) is 13.3. The molecule has 0 bridgehead atoms. The molecule has 15 heavy (non-hydrogen) atoms. The molecule has 2 heteroatoms. The highest BCUT2D eigenvalue weighted by Gasteiger charge is 2.16. The Morgan fingerprint density at radius 2 is 1.80 bits per heavy atom. The molecule has 2 nitrogen and oxygen atoms in total. The lowest BCUT2D eigenvalue weighted by Gasteiger charge is -2.26. The molecule has 1 aliphatic carbocycles. The minimum Gasteiger partial charge on any atom is -0.303 e. The van der Waals surface area contributed by atoms with Crippen LogP contribution in [0.25, 0.3) is 0 Å². The summed E-state index contributed by atoms with van der Waals surface area (Å²) in [6, 6.07) is 0.777. The van der Waals surface area contributed by atoms with Crippen molar-refractivity contribution >= 4 is 5.78 Å². The molecule has 0 aliphatic heterocycles. The first kappa shape index (κ1) is 12.7. The van der Waals surface area contributed by atoms with Gasteiger partial charge in [0.1, 0.15) is 5.78 Å². The van der Waals surface area contributed by atoms with E-state index in [1.807, 2.05) is 0 Å². The summed E-state index contributed by atoms with van der Waals surface area (Å²) in [6.45, 7) is 2.77. The molecule has 0 N–H and O–H groups in total. The van der Waals surface area contributed by atoms with E-state index in [0.717, 1.165) is 25.4 Å². The van der Waals surface area contributed by atoms with Gasteiger partial charge >= 0.3 is 0 Å². The molecule has 0 amide bonds. The van der Waals surface area contributed by atoms with Gasteiger partial charge in [0.2, 0.25) is 0 Å². The molecule has 1 fully saturated rings. The number of hydrogen-bond donors (Lipinski definition) is 0. The molecule has 0 aromatic heterocycles. The SMILES string of the molecule is CC(=O)CCCN(C)C1CCCCCC1. The Balaban J connectivity index is 2.19. The molecule has 0 aromatic carbocycles. The van der Waals surface area contributed by atoms with Gasteiger partial charge in [-0.15, -0.1) is 0 Å². The monoisotopic (exact) mass is 211 g/mol. The Bertz CT molecular complexity index is 183. The van der Waals surface area contributed by atoms with Crippen LogP contribution in [0.2, 0.25) is 0 Å². The molecule has 0 atom stereocenters. The van der Waals surface area contributed by atoms with E-state index < -0.39 is 0 Å². The molecule has 88 valence electrons. The van der Waals surface area contributed by atoms with Crippen LogP contribution in [0.3, 0.4) is 0 Å². The Morgan fingerprint density at radius 3 is 2.33 bits per heavy atom. The molecule has 0 saturated heterocycles. The summed E-state index contributed by atoms with van der Waals surface area (Å²) < 4.78 is 0. The lowest BCUT2D eigenvalue weighted by Crippen LogP contribution is -2.32. The largest absolute Gasteiger partial charge is 0.303 e. The second kappa shape index (κ2) is 7.00. The highest BCUT2D eigenvalue weighted by molar-refractivity contribution is 5.75. The van der Waals surface area contributed by atoms with Crippen LogP contribution in [0.5, 0.6) is 0 Å². The highest BCUT2D eigenvalue weighted by Crippen LogP contribution is 2.21. The predicted molar refractivity (Wildman–Crippen MR) is 64.0 cm³/mol. The minimum atomic E-state index is 0.323. The maximum Gasteiger partial charge on any atom is 0.129 e. The molecule has 0 spiro atoms. The second-order valence-corrected chi connectivity index (χ2v) is 4.93. The molecule has 1 rings (SSSR count). The Kier molecular flexibility index (Phi) is 5.92. The number of nitrogens with zero attached hydrogens (tertiary/aromatic N) is 1. The zero-order chi connectivity index (χ0) is 11.1. The maximum atomic E-state index is 10.8. The first-order valence-corrected chi connectivity index (χ1v) is 6.40. The van der Waals surface area contributed by atoms with Crippen LogP contribution in [0, 0.1) is 0 Å². The third-order valence-electron chi connectivity index (χ3n) is 3.49. The van der Waals surface area contributed by atoms with Gasteiger partial charge in [0.25, 0.3) is 0 Å². The third-order valence-corrected chi connectivity index (χ3v) is 3.49. The van der Waals surface area contributed by atoms with Crippen LogP contribution in [0.15, 0.2) is 0 Å². The van der Waals surface area contributed by atoms with Crippen molar-refractivity contribution in [2.24, 2.45) is 0 Å². The van der Waals surface area contributed by atoms with Gasteiger partial charge in [0.15, 0.2) is 0 Å². The summed E-state index contributed by atoms with van der Waals surface area (Å²) >= 11 is 0. The van der Waals surface area contributed by atoms with Crippen molar-refractivity contribution in [1.82, 2.24) is 4.90 Å². The first-order chi connectivity index (χ1) is 7.20. The van der Waals surface area contributed by atoms with Gasteiger partial charge in [0.05, 0.1) is 0 Å². The predicted octanol–water partition coefficient (Wildman–Crippen LogP) is 3.01. The number of carbonyl (C=O) groups excluding carboxylic acids is 1. The number of rotatable bonds is 5. The van der Waals surface area contributed by atoms with E-state index in [-0.39, 0.29) is 0 Å². The van der Waals surface area contributed by atoms with Crippen LogP contribution in [0.1, 0.15) is 58.3 Å².